The van der Waals surface area contributed by atoms with E-state index in [4.69, 9.17) is 5.26 Å². The maximum atomic E-state index is 9.15. The summed E-state index contributed by atoms with van der Waals surface area (Å²) in [6.45, 7) is 0. The van der Waals surface area contributed by atoms with Crippen molar-refractivity contribution in [2.75, 3.05) is 0 Å². The molecule has 0 aliphatic rings. The van der Waals surface area contributed by atoms with Gasteiger partial charge in [0.2, 0.25) is 0 Å². The van der Waals surface area contributed by atoms with Crippen LogP contribution in [-0.4, -0.2) is 14.8 Å². The minimum absolute atomic E-state index is 0.519. The van der Waals surface area contributed by atoms with Crippen LogP contribution in [0.15, 0.2) is 61.1 Å². The molecule has 0 aliphatic heterocycles. The fourth-order valence-electron chi connectivity index (χ4n) is 2.03. The number of aromatic nitrogens is 3. The summed E-state index contributed by atoms with van der Waals surface area (Å²) in [6, 6.07) is 16.0. The minimum Gasteiger partial charge on any atom is -0.316 e. The van der Waals surface area contributed by atoms with Crippen LogP contribution in [0, 0.1) is 11.3 Å². The third-order valence-electron chi connectivity index (χ3n) is 2.91. The first-order valence-electron chi connectivity index (χ1n) is 5.84. The molecule has 0 aliphatic carbocycles. The number of nitrogens with zero attached hydrogens (tertiary/aromatic N) is 4. The summed E-state index contributed by atoms with van der Waals surface area (Å²) in [5, 5.41) is 16.8. The monoisotopic (exact) mass is 246 g/mol. The van der Waals surface area contributed by atoms with E-state index < -0.39 is 0 Å². The highest BCUT2D eigenvalue weighted by atomic mass is 15.1. The number of benzene rings is 1. The summed E-state index contributed by atoms with van der Waals surface area (Å²) >= 11 is 0. The van der Waals surface area contributed by atoms with Gasteiger partial charge in [0, 0.05) is 17.4 Å². The number of hydrogen-bond acceptors (Lipinski definition) is 3. The Labute approximate surface area is 110 Å². The van der Waals surface area contributed by atoms with Crippen molar-refractivity contribution in [1.29, 1.82) is 5.26 Å². The van der Waals surface area contributed by atoms with Gasteiger partial charge in [-0.1, -0.05) is 18.2 Å². The van der Waals surface area contributed by atoms with Gasteiger partial charge < -0.3 is 4.57 Å². The predicted molar refractivity (Wildman–Crippen MR) is 71.5 cm³/mol. The summed E-state index contributed by atoms with van der Waals surface area (Å²) in [6.07, 6.45) is 5.07. The van der Waals surface area contributed by atoms with Crippen molar-refractivity contribution >= 4 is 0 Å². The zero-order valence-corrected chi connectivity index (χ0v) is 10.1. The lowest BCUT2D eigenvalue weighted by Crippen LogP contribution is -1.97. The maximum Gasteiger partial charge on any atom is 0.102 e. The fraction of sp³-hybridized carbons (Fsp3) is 0. The first kappa shape index (κ1) is 11.2. The van der Waals surface area contributed by atoms with Crippen LogP contribution in [0.25, 0.3) is 16.9 Å². The van der Waals surface area contributed by atoms with Crippen molar-refractivity contribution in [3.8, 4) is 23.0 Å². The fourth-order valence-corrected chi connectivity index (χ4v) is 2.03. The summed E-state index contributed by atoms with van der Waals surface area (Å²) in [5.74, 6) is 0. The van der Waals surface area contributed by atoms with Crippen LogP contribution in [0.4, 0.5) is 0 Å². The molecule has 0 N–H and O–H groups in total. The van der Waals surface area contributed by atoms with Gasteiger partial charge in [0.05, 0.1) is 23.7 Å². The molecule has 3 rings (SSSR count). The van der Waals surface area contributed by atoms with Gasteiger partial charge in [-0.2, -0.15) is 15.5 Å². The van der Waals surface area contributed by atoms with Crippen LogP contribution in [0.2, 0.25) is 0 Å². The van der Waals surface area contributed by atoms with Gasteiger partial charge in [0.25, 0.3) is 0 Å². The Morgan fingerprint density at radius 1 is 0.947 bits per heavy atom. The molecule has 4 heteroatoms. The Hall–Kier alpha value is -2.93. The van der Waals surface area contributed by atoms with Crippen LogP contribution in [-0.2, 0) is 0 Å². The van der Waals surface area contributed by atoms with E-state index in [1.807, 2.05) is 53.2 Å². The van der Waals surface area contributed by atoms with E-state index in [2.05, 4.69) is 16.3 Å². The Bertz CT molecular complexity index is 738. The number of nitriles is 1. The maximum absolute atomic E-state index is 9.15. The SMILES string of the molecule is N#Cc1cnncc1-c1cccn1-c1ccccc1. The molecule has 19 heavy (non-hydrogen) atoms. The average Bonchev–Trinajstić information content (AvgIpc) is 2.97. The molecule has 0 spiro atoms. The van der Waals surface area contributed by atoms with Crippen molar-refractivity contribution in [1.82, 2.24) is 14.8 Å². The lowest BCUT2D eigenvalue weighted by Gasteiger charge is -2.09. The van der Waals surface area contributed by atoms with Gasteiger partial charge in [-0.15, -0.1) is 0 Å². The molecular formula is C15H10N4. The second kappa shape index (κ2) is 4.75. The van der Waals surface area contributed by atoms with Crippen molar-refractivity contribution in [2.45, 2.75) is 0 Å². The lowest BCUT2D eigenvalue weighted by atomic mass is 10.1. The van der Waals surface area contributed by atoms with Crippen molar-refractivity contribution in [3.63, 3.8) is 0 Å². The second-order valence-corrected chi connectivity index (χ2v) is 4.03. The Kier molecular flexibility index (Phi) is 2.79. The molecule has 0 saturated heterocycles. The normalized spacial score (nSPS) is 10.1. The van der Waals surface area contributed by atoms with Crippen LogP contribution in [0.1, 0.15) is 5.56 Å². The molecule has 90 valence electrons. The summed E-state index contributed by atoms with van der Waals surface area (Å²) in [5.41, 5.74) is 3.28. The lowest BCUT2D eigenvalue weighted by molar-refractivity contribution is 1.01. The zero-order valence-electron chi connectivity index (χ0n) is 10.1. The first-order chi connectivity index (χ1) is 9.40. The largest absolute Gasteiger partial charge is 0.316 e. The molecule has 4 nitrogen and oxygen atoms in total. The highest BCUT2D eigenvalue weighted by Gasteiger charge is 2.10. The third-order valence-corrected chi connectivity index (χ3v) is 2.91. The number of para-hydroxylation sites is 1. The third kappa shape index (κ3) is 1.98. The van der Waals surface area contributed by atoms with Crippen molar-refractivity contribution in [3.05, 3.63) is 66.6 Å². The molecule has 0 radical (unpaired) electrons. The Balaban J connectivity index is 2.19. The van der Waals surface area contributed by atoms with E-state index in [9.17, 15) is 0 Å². The van der Waals surface area contributed by atoms with E-state index in [-0.39, 0.29) is 0 Å². The van der Waals surface area contributed by atoms with Gasteiger partial charge in [-0.05, 0) is 24.3 Å². The second-order valence-electron chi connectivity index (χ2n) is 4.03. The smallest absolute Gasteiger partial charge is 0.102 e. The molecule has 3 aromatic rings. The summed E-state index contributed by atoms with van der Waals surface area (Å²) < 4.78 is 2.03. The standard InChI is InChI=1S/C15H10N4/c16-9-12-10-17-18-11-14(12)15-7-4-8-19(15)13-5-2-1-3-6-13/h1-8,10-11H. The molecule has 0 amide bonds. The van der Waals surface area contributed by atoms with Crippen LogP contribution >= 0.6 is 0 Å². The van der Waals surface area contributed by atoms with E-state index in [0.29, 0.717) is 5.56 Å². The highest BCUT2D eigenvalue weighted by Crippen LogP contribution is 2.25. The Morgan fingerprint density at radius 2 is 1.74 bits per heavy atom. The summed E-state index contributed by atoms with van der Waals surface area (Å²) in [4.78, 5) is 0. The van der Waals surface area contributed by atoms with E-state index in [1.54, 1.807) is 6.20 Å². The molecule has 2 aromatic heterocycles. The number of hydrogen-bond donors (Lipinski definition) is 0. The minimum atomic E-state index is 0.519. The first-order valence-corrected chi connectivity index (χ1v) is 5.84. The van der Waals surface area contributed by atoms with Gasteiger partial charge in [-0.3, -0.25) is 0 Å². The molecule has 0 saturated carbocycles. The van der Waals surface area contributed by atoms with Crippen LogP contribution in [0.3, 0.4) is 0 Å². The molecule has 0 bridgehead atoms. The van der Waals surface area contributed by atoms with Crippen LogP contribution in [0.5, 0.6) is 0 Å². The van der Waals surface area contributed by atoms with E-state index in [0.717, 1.165) is 16.9 Å². The molecule has 0 fully saturated rings. The van der Waals surface area contributed by atoms with Crippen molar-refractivity contribution < 1.29 is 0 Å². The predicted octanol–water partition coefficient (Wildman–Crippen LogP) is 2.81. The molecule has 2 heterocycles. The Morgan fingerprint density at radius 3 is 2.53 bits per heavy atom. The molecule has 0 atom stereocenters. The summed E-state index contributed by atoms with van der Waals surface area (Å²) in [7, 11) is 0. The molecule has 0 unspecified atom stereocenters. The highest BCUT2D eigenvalue weighted by molar-refractivity contribution is 5.68. The van der Waals surface area contributed by atoms with Crippen LogP contribution < -0.4 is 0 Å². The van der Waals surface area contributed by atoms with E-state index in [1.165, 1.54) is 6.20 Å². The number of rotatable bonds is 2. The topological polar surface area (TPSA) is 54.5 Å². The quantitative estimate of drug-likeness (QED) is 0.698. The average molecular weight is 246 g/mol. The van der Waals surface area contributed by atoms with Gasteiger partial charge in [-0.25, -0.2) is 0 Å². The van der Waals surface area contributed by atoms with Gasteiger partial charge in [0.15, 0.2) is 0 Å². The van der Waals surface area contributed by atoms with E-state index >= 15 is 0 Å². The zero-order chi connectivity index (χ0) is 13.1. The van der Waals surface area contributed by atoms with Crippen molar-refractivity contribution in [2.24, 2.45) is 0 Å². The molecular weight excluding hydrogens is 236 g/mol. The molecule has 1 aromatic carbocycles. The van der Waals surface area contributed by atoms with Gasteiger partial charge in [0.1, 0.15) is 6.07 Å². The van der Waals surface area contributed by atoms with Gasteiger partial charge >= 0.3 is 0 Å².